The molecule has 294 valence electrons. The van der Waals surface area contributed by atoms with Crippen LogP contribution in [0.5, 0.6) is 0 Å². The summed E-state index contributed by atoms with van der Waals surface area (Å²) in [5, 5.41) is 11.2. The van der Waals surface area contributed by atoms with E-state index in [0.29, 0.717) is 0 Å². The van der Waals surface area contributed by atoms with Crippen LogP contribution in [0.15, 0.2) is 124 Å². The van der Waals surface area contributed by atoms with Gasteiger partial charge < -0.3 is 18.7 Å². The molecule has 0 radical (unpaired) electrons. The predicted molar refractivity (Wildman–Crippen MR) is 256 cm³/mol. The molecule has 0 spiro atoms. The number of nitrogens with one attached hydrogen (secondary N) is 1. The van der Waals surface area contributed by atoms with Crippen molar-refractivity contribution in [3.05, 3.63) is 138 Å². The zero-order valence-corrected chi connectivity index (χ0v) is 35.9. The Morgan fingerprint density at radius 1 is 0.617 bits per heavy atom. The molecular formula is C55H49BN2O2. The first-order valence-corrected chi connectivity index (χ1v) is 21.7. The maximum Gasteiger partial charge on any atom is 0.198 e. The van der Waals surface area contributed by atoms with Gasteiger partial charge in [-0.1, -0.05) is 109 Å². The summed E-state index contributed by atoms with van der Waals surface area (Å²) >= 11 is 0. The van der Waals surface area contributed by atoms with Crippen LogP contribution in [0.3, 0.4) is 0 Å². The summed E-state index contributed by atoms with van der Waals surface area (Å²) in [6.45, 7) is 18.9. The molecule has 3 aromatic heterocycles. The van der Waals surface area contributed by atoms with E-state index >= 15 is 0 Å². The summed E-state index contributed by atoms with van der Waals surface area (Å²) in [5.74, 6) is 0. The monoisotopic (exact) mass is 780 g/mol. The molecule has 0 atom stereocenters. The quantitative estimate of drug-likeness (QED) is 0.182. The zero-order chi connectivity index (χ0) is 41.0. The molecule has 0 fully saturated rings. The van der Waals surface area contributed by atoms with Crippen LogP contribution >= 0.6 is 0 Å². The molecule has 0 bridgehead atoms. The fraction of sp³-hybridized carbons (Fsp3) is 0.236. The molecule has 1 aliphatic carbocycles. The van der Waals surface area contributed by atoms with Gasteiger partial charge >= 0.3 is 0 Å². The van der Waals surface area contributed by atoms with Crippen LogP contribution in [0, 0.1) is 6.92 Å². The normalized spacial score (nSPS) is 15.6. The number of anilines is 2. The summed E-state index contributed by atoms with van der Waals surface area (Å²) in [7, 11) is 0.787. The van der Waals surface area contributed by atoms with Crippen LogP contribution in [-0.2, 0) is 16.2 Å². The maximum atomic E-state index is 6.58. The van der Waals surface area contributed by atoms with E-state index in [0.717, 1.165) is 80.9 Å². The molecular weight excluding hydrogens is 731 g/mol. The summed E-state index contributed by atoms with van der Waals surface area (Å²) in [5.41, 5.74) is 20.4. The Labute approximate surface area is 351 Å². The summed E-state index contributed by atoms with van der Waals surface area (Å²) in [6.07, 6.45) is 2.32. The van der Waals surface area contributed by atoms with E-state index in [-0.39, 0.29) is 16.2 Å². The summed E-state index contributed by atoms with van der Waals surface area (Å²) < 4.78 is 15.7. The molecule has 60 heavy (non-hydrogen) atoms. The number of aromatic nitrogens is 1. The van der Waals surface area contributed by atoms with Gasteiger partial charge in [0.05, 0.1) is 5.52 Å². The molecule has 1 aliphatic heterocycles. The van der Waals surface area contributed by atoms with Crippen molar-refractivity contribution in [1.29, 1.82) is 0 Å². The van der Waals surface area contributed by atoms with E-state index < -0.39 is 0 Å². The zero-order valence-electron chi connectivity index (χ0n) is 35.9. The molecule has 0 unspecified atom stereocenters. The highest BCUT2D eigenvalue weighted by Gasteiger charge is 2.39. The van der Waals surface area contributed by atoms with Gasteiger partial charge in [-0.25, -0.2) is 0 Å². The standard InChI is InChI=1S/C55H49BN2O2/c1-30-23-38(35-25-40-41(55(7,8)22-21-54(40,5)6)27-43(35)57-32-19-17-31(18-20-32)53(2,3)4)51-52-50(30)39-24-36-33-13-9-11-15-46(33)60-49(36)29-44(39)58(52)45-26-37-34-14-10-12-16-47(34)59-48(37)28-42(45)56-51/h9-20,23-29,56-57H,21-22H2,1-8H3. The van der Waals surface area contributed by atoms with Crippen molar-refractivity contribution in [3.8, 4) is 16.8 Å². The van der Waals surface area contributed by atoms with Gasteiger partial charge in [0, 0.05) is 66.5 Å². The first kappa shape index (κ1) is 35.7. The number of para-hydroxylation sites is 2. The predicted octanol–water partition coefficient (Wildman–Crippen LogP) is 13.6. The van der Waals surface area contributed by atoms with Crippen LogP contribution in [-0.4, -0.2) is 11.8 Å². The van der Waals surface area contributed by atoms with Gasteiger partial charge in [-0.3, -0.25) is 0 Å². The topological polar surface area (TPSA) is 43.2 Å². The fourth-order valence-corrected chi connectivity index (χ4v) is 10.9. The Bertz CT molecular complexity index is 3480. The Morgan fingerprint density at radius 3 is 1.90 bits per heavy atom. The van der Waals surface area contributed by atoms with Crippen LogP contribution in [0.1, 0.15) is 83.6 Å². The van der Waals surface area contributed by atoms with Gasteiger partial charge in [0.15, 0.2) is 7.28 Å². The lowest BCUT2D eigenvalue weighted by Gasteiger charge is -2.42. The molecule has 4 heterocycles. The van der Waals surface area contributed by atoms with E-state index in [9.17, 15) is 0 Å². The third-order valence-corrected chi connectivity index (χ3v) is 14.3. The number of hydrogen-bond acceptors (Lipinski definition) is 3. The minimum absolute atomic E-state index is 0.0497. The largest absolute Gasteiger partial charge is 0.456 e. The average molecular weight is 781 g/mol. The smallest absolute Gasteiger partial charge is 0.198 e. The second-order valence-corrected chi connectivity index (χ2v) is 20.2. The van der Waals surface area contributed by atoms with E-state index in [4.69, 9.17) is 8.83 Å². The molecule has 10 aromatic rings. The Balaban J connectivity index is 1.18. The first-order chi connectivity index (χ1) is 28.7. The minimum atomic E-state index is 0.0497. The van der Waals surface area contributed by atoms with Crippen molar-refractivity contribution in [2.75, 3.05) is 5.32 Å². The van der Waals surface area contributed by atoms with Gasteiger partial charge in [0.2, 0.25) is 0 Å². The second-order valence-electron chi connectivity index (χ2n) is 20.2. The third kappa shape index (κ3) is 5.04. The van der Waals surface area contributed by atoms with E-state index in [1.165, 1.54) is 66.3 Å². The van der Waals surface area contributed by atoms with Gasteiger partial charge in [-0.2, -0.15) is 0 Å². The first-order valence-electron chi connectivity index (χ1n) is 21.7. The Hall–Kier alpha value is -6.20. The third-order valence-electron chi connectivity index (χ3n) is 14.3. The SMILES string of the molecule is Cc1cc(-c2cc3c(cc2Nc2ccc(C(C)(C)C)cc2)C(C)(C)CCC3(C)C)c2c3c1c1cc4c(cc1n3-c1cc3c(cc1B2)oc1ccccc13)oc1ccccc14. The lowest BCUT2D eigenvalue weighted by atomic mass is 9.58. The van der Waals surface area contributed by atoms with Gasteiger partial charge in [0.1, 0.15) is 22.3 Å². The van der Waals surface area contributed by atoms with Crippen molar-refractivity contribution in [3.63, 3.8) is 0 Å². The number of furan rings is 2. The highest BCUT2D eigenvalue weighted by Crippen LogP contribution is 2.50. The van der Waals surface area contributed by atoms with Crippen LogP contribution in [0.2, 0.25) is 0 Å². The molecule has 5 heteroatoms. The van der Waals surface area contributed by atoms with E-state index in [1.807, 2.05) is 0 Å². The van der Waals surface area contributed by atoms with Crippen molar-refractivity contribution in [2.45, 2.75) is 84.5 Å². The van der Waals surface area contributed by atoms with Crippen molar-refractivity contribution in [1.82, 2.24) is 4.57 Å². The molecule has 7 aromatic carbocycles. The van der Waals surface area contributed by atoms with Gasteiger partial charge in [0.25, 0.3) is 0 Å². The van der Waals surface area contributed by atoms with Crippen molar-refractivity contribution < 1.29 is 8.83 Å². The molecule has 1 N–H and O–H groups in total. The fourth-order valence-electron chi connectivity index (χ4n) is 10.9. The number of fused-ring (bicyclic) bond motifs is 12. The highest BCUT2D eigenvalue weighted by molar-refractivity contribution is 6.73. The lowest BCUT2D eigenvalue weighted by molar-refractivity contribution is 0.332. The van der Waals surface area contributed by atoms with Crippen LogP contribution in [0.25, 0.3) is 82.5 Å². The highest BCUT2D eigenvalue weighted by atomic mass is 16.3. The van der Waals surface area contributed by atoms with Crippen molar-refractivity contribution >= 4 is 95.3 Å². The molecule has 0 saturated heterocycles. The molecule has 4 nitrogen and oxygen atoms in total. The number of nitrogens with zero attached hydrogens (tertiary/aromatic N) is 1. The molecule has 0 saturated carbocycles. The van der Waals surface area contributed by atoms with Crippen LogP contribution in [0.4, 0.5) is 11.4 Å². The average Bonchev–Trinajstić information content (AvgIpc) is 3.88. The lowest BCUT2D eigenvalue weighted by Crippen LogP contribution is -2.37. The molecule has 0 amide bonds. The summed E-state index contributed by atoms with van der Waals surface area (Å²) in [4.78, 5) is 0. The molecule has 12 rings (SSSR count). The number of hydrogen-bond donors (Lipinski definition) is 1. The van der Waals surface area contributed by atoms with Crippen molar-refractivity contribution in [2.24, 2.45) is 0 Å². The Morgan fingerprint density at radius 2 is 1.23 bits per heavy atom. The van der Waals surface area contributed by atoms with Gasteiger partial charge in [-0.05, 0) is 124 Å². The van der Waals surface area contributed by atoms with E-state index in [2.05, 4.69) is 181 Å². The number of aryl methyl sites for hydroxylation is 1. The van der Waals surface area contributed by atoms with E-state index in [1.54, 1.807) is 0 Å². The Kier molecular flexibility index (Phi) is 7.13. The molecule has 2 aliphatic rings. The second kappa shape index (κ2) is 12.0. The number of benzene rings is 7. The maximum absolute atomic E-state index is 6.58. The minimum Gasteiger partial charge on any atom is -0.456 e. The summed E-state index contributed by atoms with van der Waals surface area (Å²) in [6, 6.07) is 42.8. The number of rotatable bonds is 3. The van der Waals surface area contributed by atoms with Gasteiger partial charge in [-0.15, -0.1) is 0 Å². The van der Waals surface area contributed by atoms with Crippen LogP contribution < -0.4 is 16.2 Å².